The van der Waals surface area contributed by atoms with E-state index in [1.165, 1.54) is 46.1 Å². The van der Waals surface area contributed by atoms with Gasteiger partial charge in [-0.1, -0.05) is 24.3 Å². The second kappa shape index (κ2) is 7.33. The minimum atomic E-state index is -3.67. The molecule has 6 aliphatic rings. The first-order valence-corrected chi connectivity index (χ1v) is 15.5. The van der Waals surface area contributed by atoms with Gasteiger partial charge in [-0.25, -0.2) is 0 Å². The van der Waals surface area contributed by atoms with Crippen LogP contribution in [-0.2, 0) is 41.3 Å². The van der Waals surface area contributed by atoms with Gasteiger partial charge in [0.1, 0.15) is 0 Å². The molecule has 2 bridgehead atoms. The Morgan fingerprint density at radius 3 is 2.68 bits per heavy atom. The average molecular weight is 537 g/mol. The van der Waals surface area contributed by atoms with Crippen molar-refractivity contribution in [2.45, 2.75) is 68.2 Å². The van der Waals surface area contributed by atoms with Gasteiger partial charge in [-0.05, 0) is 67.3 Å². The zero-order chi connectivity index (χ0) is 26.2. The molecule has 3 aliphatic heterocycles. The van der Waals surface area contributed by atoms with Crippen LogP contribution in [0.3, 0.4) is 0 Å². The van der Waals surface area contributed by atoms with Crippen LogP contribution in [0.4, 0.5) is 0 Å². The van der Waals surface area contributed by atoms with Crippen molar-refractivity contribution >= 4 is 21.0 Å². The monoisotopic (exact) mass is 536 g/mol. The standard InChI is InChI=1S/C28H28N2O3.CH4O3S/c31-20-7-6-17-12-21-28(32)13-19-18-3-1-2-16-8-10-30(23(16)18)24(19)26-27(28,22(17)25(20)33-26)9-11-29(21)14-15-4-5-15;1-5(2,3)4/h1-3,6-7,15,21,26,31-32H,4-5,8-14H2;1H3,(H,2,3,4)/t21-,26-,27-,28+;/m0./s1. The van der Waals surface area contributed by atoms with E-state index in [9.17, 15) is 18.6 Å². The lowest BCUT2D eigenvalue weighted by Crippen LogP contribution is -2.74. The lowest BCUT2D eigenvalue weighted by atomic mass is 9.49. The number of aliphatic hydroxyl groups is 1. The highest BCUT2D eigenvalue weighted by atomic mass is 32.2. The van der Waals surface area contributed by atoms with Gasteiger partial charge in [0, 0.05) is 36.5 Å². The number of ether oxygens (including phenoxy) is 1. The molecule has 3 aliphatic carbocycles. The van der Waals surface area contributed by atoms with Crippen molar-refractivity contribution in [1.82, 2.24) is 9.47 Å². The molecule has 9 heteroatoms. The molecule has 8 nitrogen and oxygen atoms in total. The Bertz CT molecular complexity index is 1630. The number of para-hydroxylation sites is 1. The molecule has 1 spiro atoms. The summed E-state index contributed by atoms with van der Waals surface area (Å²) < 4.78 is 35.1. The molecule has 9 rings (SSSR count). The van der Waals surface area contributed by atoms with Crippen molar-refractivity contribution in [3.8, 4) is 11.5 Å². The van der Waals surface area contributed by atoms with Crippen molar-refractivity contribution < 1.29 is 27.9 Å². The number of benzene rings is 2. The van der Waals surface area contributed by atoms with E-state index in [2.05, 4.69) is 33.7 Å². The maximum Gasteiger partial charge on any atom is 0.261 e. The van der Waals surface area contributed by atoms with Gasteiger partial charge in [0.05, 0.1) is 28.5 Å². The molecule has 0 amide bonds. The third-order valence-corrected chi connectivity index (χ3v) is 10.1. The number of aromatic hydroxyl groups is 1. The van der Waals surface area contributed by atoms with Crippen LogP contribution in [-0.4, -0.2) is 63.6 Å². The number of phenols is 1. The van der Waals surface area contributed by atoms with Crippen LogP contribution in [0, 0.1) is 5.92 Å². The molecule has 3 aromatic rings. The van der Waals surface area contributed by atoms with Crippen LogP contribution in [0.25, 0.3) is 10.9 Å². The molecule has 1 saturated heterocycles. The fourth-order valence-corrected chi connectivity index (χ4v) is 8.65. The third-order valence-electron chi connectivity index (χ3n) is 10.1. The molecule has 4 atom stereocenters. The number of aryl methyl sites for hydroxylation is 2. The first kappa shape index (κ1) is 23.3. The predicted molar refractivity (Wildman–Crippen MR) is 141 cm³/mol. The third kappa shape index (κ3) is 2.88. The number of rotatable bonds is 2. The number of nitrogens with zero attached hydrogens (tertiary/aromatic N) is 2. The van der Waals surface area contributed by atoms with E-state index in [0.29, 0.717) is 18.4 Å². The normalized spacial score (nSPS) is 31.9. The summed E-state index contributed by atoms with van der Waals surface area (Å²) in [5, 5.41) is 25.1. The summed E-state index contributed by atoms with van der Waals surface area (Å²) in [4.78, 5) is 2.61. The summed E-state index contributed by atoms with van der Waals surface area (Å²) in [6.07, 6.45) is 6.59. The van der Waals surface area contributed by atoms with Crippen molar-refractivity contribution in [1.29, 1.82) is 0 Å². The van der Waals surface area contributed by atoms with Gasteiger partial charge in [0.2, 0.25) is 0 Å². The van der Waals surface area contributed by atoms with Crippen LogP contribution in [0.2, 0.25) is 0 Å². The topological polar surface area (TPSA) is 112 Å². The Morgan fingerprint density at radius 2 is 1.92 bits per heavy atom. The Balaban J connectivity index is 0.000000416. The van der Waals surface area contributed by atoms with Gasteiger partial charge >= 0.3 is 0 Å². The fraction of sp³-hybridized carbons (Fsp3) is 0.517. The molecule has 200 valence electrons. The van der Waals surface area contributed by atoms with Gasteiger partial charge in [0.15, 0.2) is 17.6 Å². The maximum absolute atomic E-state index is 12.9. The van der Waals surface area contributed by atoms with Crippen molar-refractivity contribution in [2.75, 3.05) is 19.3 Å². The Labute approximate surface area is 221 Å². The summed E-state index contributed by atoms with van der Waals surface area (Å²) in [5.41, 5.74) is 6.30. The van der Waals surface area contributed by atoms with Gasteiger partial charge < -0.3 is 19.5 Å². The Kier molecular flexibility index (Phi) is 4.49. The first-order chi connectivity index (χ1) is 18.1. The van der Waals surface area contributed by atoms with E-state index in [-0.39, 0.29) is 17.9 Å². The summed E-state index contributed by atoms with van der Waals surface area (Å²) in [6, 6.07) is 10.7. The van der Waals surface area contributed by atoms with Gasteiger partial charge in [-0.3, -0.25) is 9.45 Å². The number of fused-ring (bicyclic) bond motifs is 4. The smallest absolute Gasteiger partial charge is 0.261 e. The number of piperidine rings is 1. The summed E-state index contributed by atoms with van der Waals surface area (Å²) in [5.74, 6) is 1.65. The highest BCUT2D eigenvalue weighted by Crippen LogP contribution is 2.69. The van der Waals surface area contributed by atoms with E-state index >= 15 is 0 Å². The largest absolute Gasteiger partial charge is 0.504 e. The van der Waals surface area contributed by atoms with Crippen LogP contribution in [0.1, 0.15) is 53.3 Å². The molecule has 1 saturated carbocycles. The highest BCUT2D eigenvalue weighted by Gasteiger charge is 2.73. The van der Waals surface area contributed by atoms with Crippen molar-refractivity contribution in [3.05, 3.63) is 58.3 Å². The molecule has 0 unspecified atom stereocenters. The molecule has 38 heavy (non-hydrogen) atoms. The number of phenolic OH excluding ortho intramolecular Hbond substituents is 1. The maximum atomic E-state index is 12.9. The molecule has 1 aromatic heterocycles. The summed E-state index contributed by atoms with van der Waals surface area (Å²) in [7, 11) is -3.67. The van der Waals surface area contributed by atoms with E-state index in [4.69, 9.17) is 9.29 Å². The molecule has 0 radical (unpaired) electrons. The molecule has 2 fully saturated rings. The SMILES string of the molecule is CS(=O)(=O)O.Oc1ccc2c3c1O[C@H]1c4c(c5cccc6c5n4CC6)C[C@@]4(O)[C@H](C2)N(CC2CC2)CC[C@]314. The molecule has 4 heterocycles. The van der Waals surface area contributed by atoms with Crippen LogP contribution < -0.4 is 4.74 Å². The summed E-state index contributed by atoms with van der Waals surface area (Å²) >= 11 is 0. The molecule has 2 aromatic carbocycles. The average Bonchev–Trinajstić information content (AvgIpc) is 3.32. The van der Waals surface area contributed by atoms with Gasteiger partial charge in [-0.2, -0.15) is 8.42 Å². The van der Waals surface area contributed by atoms with Crippen LogP contribution in [0.5, 0.6) is 11.5 Å². The highest BCUT2D eigenvalue weighted by molar-refractivity contribution is 7.85. The van der Waals surface area contributed by atoms with Crippen LogP contribution >= 0.6 is 0 Å². The zero-order valence-corrected chi connectivity index (χ0v) is 22.2. The van der Waals surface area contributed by atoms with Crippen molar-refractivity contribution in [2.24, 2.45) is 5.92 Å². The lowest BCUT2D eigenvalue weighted by Gasteiger charge is -2.63. The van der Waals surface area contributed by atoms with E-state index < -0.39 is 21.1 Å². The number of aromatic nitrogens is 1. The minimum absolute atomic E-state index is 0.0959. The second-order valence-electron chi connectivity index (χ2n) is 12.2. The predicted octanol–water partition coefficient (Wildman–Crippen LogP) is 3.11. The quantitative estimate of drug-likeness (QED) is 0.432. The van der Waals surface area contributed by atoms with Crippen LogP contribution in [0.15, 0.2) is 30.3 Å². The fourth-order valence-electron chi connectivity index (χ4n) is 8.65. The first-order valence-electron chi connectivity index (χ1n) is 13.6. The molecule has 3 N–H and O–H groups in total. The number of hydrogen-bond acceptors (Lipinski definition) is 6. The molecular formula is C29H32N2O6S. The van der Waals surface area contributed by atoms with Gasteiger partial charge in [0.25, 0.3) is 10.1 Å². The Hall–Kier alpha value is -2.59. The van der Waals surface area contributed by atoms with E-state index in [0.717, 1.165) is 50.4 Å². The minimum Gasteiger partial charge on any atom is -0.504 e. The Morgan fingerprint density at radius 1 is 1.13 bits per heavy atom. The van der Waals surface area contributed by atoms with Crippen molar-refractivity contribution in [3.63, 3.8) is 0 Å². The molecular weight excluding hydrogens is 504 g/mol. The lowest BCUT2D eigenvalue weighted by molar-refractivity contribution is -0.173. The van der Waals surface area contributed by atoms with Gasteiger partial charge in [-0.15, -0.1) is 0 Å². The van der Waals surface area contributed by atoms with E-state index in [1.807, 2.05) is 0 Å². The number of hydrogen-bond donors (Lipinski definition) is 3. The second-order valence-corrected chi connectivity index (χ2v) is 13.7. The summed E-state index contributed by atoms with van der Waals surface area (Å²) in [6.45, 7) is 3.08. The van der Waals surface area contributed by atoms with E-state index in [1.54, 1.807) is 6.07 Å². The number of likely N-dealkylation sites (tertiary alicyclic amines) is 1. The zero-order valence-electron chi connectivity index (χ0n) is 21.4.